The van der Waals surface area contributed by atoms with Crippen molar-refractivity contribution in [3.8, 4) is 0 Å². The quantitative estimate of drug-likeness (QED) is 0.601. The maximum atomic E-state index is 12.4. The van der Waals surface area contributed by atoms with Crippen LogP contribution in [-0.4, -0.2) is 23.6 Å². The lowest BCUT2D eigenvalue weighted by atomic mass is 10.0. The van der Waals surface area contributed by atoms with Gasteiger partial charge < -0.3 is 10.1 Å². The third-order valence-corrected chi connectivity index (χ3v) is 3.46. The van der Waals surface area contributed by atoms with Crippen LogP contribution < -0.4 is 5.32 Å². The van der Waals surface area contributed by atoms with E-state index in [0.717, 1.165) is 17.7 Å². The summed E-state index contributed by atoms with van der Waals surface area (Å²) in [6.45, 7) is 5.87. The van der Waals surface area contributed by atoms with Crippen molar-refractivity contribution in [2.24, 2.45) is 0 Å². The van der Waals surface area contributed by atoms with Crippen LogP contribution in [0.4, 0.5) is 0 Å². The number of ether oxygens (including phenoxy) is 1. The molecule has 0 fully saturated rings. The Morgan fingerprint density at radius 3 is 2.65 bits per heavy atom. The van der Waals surface area contributed by atoms with Crippen molar-refractivity contribution < 1.29 is 9.53 Å². The number of carbonyl (C=O) groups is 1. The lowest BCUT2D eigenvalue weighted by Crippen LogP contribution is -2.38. The molecule has 4 heteroatoms. The van der Waals surface area contributed by atoms with E-state index in [0.29, 0.717) is 6.61 Å². The third kappa shape index (κ3) is 5.04. The molecule has 120 valence electrons. The van der Waals surface area contributed by atoms with Gasteiger partial charge in [-0.3, -0.25) is 9.78 Å². The fraction of sp³-hybridized carbons (Fsp3) is 0.263. The highest BCUT2D eigenvalue weighted by molar-refractivity contribution is 5.81. The molecule has 0 bridgehead atoms. The normalized spacial score (nSPS) is 13.1. The Morgan fingerprint density at radius 1 is 1.26 bits per heavy atom. The second-order valence-electron chi connectivity index (χ2n) is 5.20. The Labute approximate surface area is 137 Å². The van der Waals surface area contributed by atoms with Gasteiger partial charge in [-0.25, -0.2) is 0 Å². The van der Waals surface area contributed by atoms with Gasteiger partial charge in [-0.05, 0) is 31.0 Å². The molecule has 1 aromatic carbocycles. The summed E-state index contributed by atoms with van der Waals surface area (Å²) in [7, 11) is 0. The number of rotatable bonds is 8. The number of pyridine rings is 1. The average Bonchev–Trinajstić information content (AvgIpc) is 2.61. The van der Waals surface area contributed by atoms with Gasteiger partial charge in [0.05, 0.1) is 18.3 Å². The second-order valence-corrected chi connectivity index (χ2v) is 5.20. The zero-order valence-electron chi connectivity index (χ0n) is 13.3. The first-order chi connectivity index (χ1) is 11.2. The van der Waals surface area contributed by atoms with Crippen molar-refractivity contribution in [3.63, 3.8) is 0 Å². The standard InChI is InChI=1S/C19H22N2O2/c1-3-4-14-23-15(2)19(22)21-18(16-10-6-5-7-11-16)17-12-8-9-13-20-17/h3,5-13,15,18H,1,4,14H2,2H3,(H,21,22)/t15-,18+/m1/s1. The fourth-order valence-corrected chi connectivity index (χ4v) is 2.18. The number of nitrogens with zero attached hydrogens (tertiary/aromatic N) is 1. The minimum absolute atomic E-state index is 0.159. The minimum atomic E-state index is -0.523. The van der Waals surface area contributed by atoms with E-state index in [-0.39, 0.29) is 11.9 Å². The molecule has 1 amide bonds. The lowest BCUT2D eigenvalue weighted by molar-refractivity contribution is -0.132. The number of benzene rings is 1. The van der Waals surface area contributed by atoms with E-state index in [4.69, 9.17) is 4.74 Å². The van der Waals surface area contributed by atoms with Gasteiger partial charge in [0.2, 0.25) is 5.91 Å². The van der Waals surface area contributed by atoms with Gasteiger partial charge in [-0.2, -0.15) is 0 Å². The molecule has 0 saturated heterocycles. The van der Waals surface area contributed by atoms with Crippen LogP contribution in [0.2, 0.25) is 0 Å². The predicted molar refractivity (Wildman–Crippen MR) is 90.9 cm³/mol. The molecule has 0 aliphatic heterocycles. The van der Waals surface area contributed by atoms with Crippen molar-refractivity contribution in [1.29, 1.82) is 0 Å². The Kier molecular flexibility index (Phi) is 6.51. The molecule has 0 saturated carbocycles. The fourth-order valence-electron chi connectivity index (χ4n) is 2.18. The Hall–Kier alpha value is -2.46. The molecule has 2 atom stereocenters. The highest BCUT2D eigenvalue weighted by Crippen LogP contribution is 2.20. The van der Waals surface area contributed by atoms with Crippen LogP contribution in [0.15, 0.2) is 67.4 Å². The minimum Gasteiger partial charge on any atom is -0.368 e. The summed E-state index contributed by atoms with van der Waals surface area (Å²) >= 11 is 0. The molecule has 0 radical (unpaired) electrons. The van der Waals surface area contributed by atoms with E-state index in [1.807, 2.05) is 48.5 Å². The van der Waals surface area contributed by atoms with Gasteiger partial charge in [-0.15, -0.1) is 6.58 Å². The number of amides is 1. The van der Waals surface area contributed by atoms with E-state index in [1.165, 1.54) is 0 Å². The molecule has 2 rings (SSSR count). The molecule has 1 N–H and O–H groups in total. The Bertz CT molecular complexity index is 574. The highest BCUT2D eigenvalue weighted by Gasteiger charge is 2.21. The highest BCUT2D eigenvalue weighted by atomic mass is 16.5. The van der Waals surface area contributed by atoms with E-state index < -0.39 is 6.10 Å². The smallest absolute Gasteiger partial charge is 0.249 e. The maximum absolute atomic E-state index is 12.4. The number of hydrogen-bond acceptors (Lipinski definition) is 3. The van der Waals surface area contributed by atoms with Gasteiger partial charge in [0.15, 0.2) is 0 Å². The summed E-state index contributed by atoms with van der Waals surface area (Å²) in [5, 5.41) is 3.02. The first-order valence-corrected chi connectivity index (χ1v) is 7.71. The Morgan fingerprint density at radius 2 is 2.00 bits per heavy atom. The van der Waals surface area contributed by atoms with E-state index >= 15 is 0 Å². The van der Waals surface area contributed by atoms with E-state index in [2.05, 4.69) is 16.9 Å². The van der Waals surface area contributed by atoms with Crippen LogP contribution >= 0.6 is 0 Å². The van der Waals surface area contributed by atoms with Gasteiger partial charge in [0, 0.05) is 6.20 Å². The van der Waals surface area contributed by atoms with Crippen molar-refractivity contribution in [3.05, 3.63) is 78.6 Å². The molecule has 1 heterocycles. The predicted octanol–water partition coefficient (Wildman–Crippen LogP) is 3.27. The van der Waals surface area contributed by atoms with Crippen LogP contribution in [-0.2, 0) is 9.53 Å². The first-order valence-electron chi connectivity index (χ1n) is 7.71. The van der Waals surface area contributed by atoms with Crippen molar-refractivity contribution in [2.45, 2.75) is 25.5 Å². The molecule has 0 aliphatic carbocycles. The maximum Gasteiger partial charge on any atom is 0.249 e. The van der Waals surface area contributed by atoms with Crippen molar-refractivity contribution in [1.82, 2.24) is 10.3 Å². The van der Waals surface area contributed by atoms with Crippen LogP contribution in [0.5, 0.6) is 0 Å². The third-order valence-electron chi connectivity index (χ3n) is 3.46. The van der Waals surface area contributed by atoms with Gasteiger partial charge in [-0.1, -0.05) is 42.5 Å². The molecule has 1 aromatic heterocycles. The largest absolute Gasteiger partial charge is 0.368 e. The van der Waals surface area contributed by atoms with Gasteiger partial charge >= 0.3 is 0 Å². The zero-order valence-corrected chi connectivity index (χ0v) is 13.3. The molecule has 0 aliphatic rings. The lowest BCUT2D eigenvalue weighted by Gasteiger charge is -2.21. The summed E-state index contributed by atoms with van der Waals surface area (Å²) in [6.07, 6.45) is 3.69. The van der Waals surface area contributed by atoms with Crippen LogP contribution in [0.3, 0.4) is 0 Å². The topological polar surface area (TPSA) is 51.2 Å². The van der Waals surface area contributed by atoms with Gasteiger partial charge in [0.25, 0.3) is 0 Å². The first kappa shape index (κ1) is 16.9. The van der Waals surface area contributed by atoms with Crippen molar-refractivity contribution >= 4 is 5.91 Å². The SMILES string of the molecule is C=CCCO[C@H](C)C(=O)N[C@@H](c1ccccc1)c1ccccn1. The van der Waals surface area contributed by atoms with Crippen molar-refractivity contribution in [2.75, 3.05) is 6.61 Å². The van der Waals surface area contributed by atoms with Gasteiger partial charge in [0.1, 0.15) is 6.10 Å². The summed E-state index contributed by atoms with van der Waals surface area (Å²) in [4.78, 5) is 16.8. The molecular formula is C19H22N2O2. The monoisotopic (exact) mass is 310 g/mol. The molecule has 0 unspecified atom stereocenters. The molecule has 0 spiro atoms. The average molecular weight is 310 g/mol. The Balaban J connectivity index is 2.12. The van der Waals surface area contributed by atoms with E-state index in [9.17, 15) is 4.79 Å². The van der Waals surface area contributed by atoms with Crippen LogP contribution in [0.1, 0.15) is 30.6 Å². The van der Waals surface area contributed by atoms with Crippen LogP contribution in [0, 0.1) is 0 Å². The summed E-state index contributed by atoms with van der Waals surface area (Å²) < 4.78 is 5.51. The number of hydrogen-bond donors (Lipinski definition) is 1. The van der Waals surface area contributed by atoms with E-state index in [1.54, 1.807) is 19.2 Å². The number of carbonyl (C=O) groups excluding carboxylic acids is 1. The van der Waals surface area contributed by atoms with Crippen LogP contribution in [0.25, 0.3) is 0 Å². The second kappa shape index (κ2) is 8.86. The molecule has 2 aromatic rings. The molecule has 4 nitrogen and oxygen atoms in total. The molecule has 23 heavy (non-hydrogen) atoms. The number of nitrogens with one attached hydrogen (secondary N) is 1. The molecular weight excluding hydrogens is 288 g/mol. The summed E-state index contributed by atoms with van der Waals surface area (Å²) in [5.74, 6) is -0.159. The number of aromatic nitrogens is 1. The summed E-state index contributed by atoms with van der Waals surface area (Å²) in [5.41, 5.74) is 1.78. The zero-order chi connectivity index (χ0) is 16.5. The summed E-state index contributed by atoms with van der Waals surface area (Å²) in [6, 6.07) is 15.2.